The number of hydrogen-bond acceptors (Lipinski definition) is 7. The van der Waals surface area contributed by atoms with Crippen LogP contribution in [0.5, 0.6) is 11.5 Å². The number of hydrogen-bond donors (Lipinski definition) is 0. The molecule has 1 heterocycles. The monoisotopic (exact) mass is 466 g/mol. The minimum absolute atomic E-state index is 0.368. The van der Waals surface area contributed by atoms with Gasteiger partial charge in [-0.3, -0.25) is 0 Å². The van der Waals surface area contributed by atoms with Crippen LogP contribution >= 0.6 is 0 Å². The number of methoxy groups -OCH3 is 1. The predicted octanol–water partition coefficient (Wildman–Crippen LogP) is 0.534. The van der Waals surface area contributed by atoms with Crippen molar-refractivity contribution < 1.29 is 30.7 Å². The van der Waals surface area contributed by atoms with Crippen LogP contribution in [0.2, 0.25) is 6.04 Å². The predicted molar refractivity (Wildman–Crippen MR) is 119 cm³/mol. The van der Waals surface area contributed by atoms with Crippen molar-refractivity contribution in [1.29, 1.82) is 0 Å². The molecule has 0 atom stereocenters. The molecule has 29 heavy (non-hydrogen) atoms. The molecule has 1 aliphatic rings. The Kier molecular flexibility index (Phi) is 9.29. The number of rotatable bonds is 8. The van der Waals surface area contributed by atoms with Crippen LogP contribution < -0.4 is 9.47 Å². The van der Waals surface area contributed by atoms with Crippen LogP contribution in [0, 0.1) is 0 Å². The van der Waals surface area contributed by atoms with E-state index in [1.54, 1.807) is 31.4 Å². The van der Waals surface area contributed by atoms with Gasteiger partial charge in [0, 0.05) is 0 Å². The van der Waals surface area contributed by atoms with E-state index in [9.17, 15) is 4.79 Å². The first-order valence-electron chi connectivity index (χ1n) is 9.58. The number of aryl methyl sites for hydroxylation is 1. The topological polar surface area (TPSA) is 72.5 Å². The fraction of sp³-hybridized carbons (Fsp3) is 0.278. The Hall–Kier alpha value is -1.58. The third kappa shape index (κ3) is 7.64. The molecule has 1 aliphatic heterocycles. The number of esters is 1. The molecule has 7 nitrogen and oxygen atoms in total. The SMILES string of the molecule is COc1ccc(OC(=O)c2ccc(CCCC[SiH]3O[SiH2]O[SiH2]O[SiH2]O3)cc2)cc1. The van der Waals surface area contributed by atoms with Gasteiger partial charge in [-0.05, 0) is 60.8 Å². The molecule has 2 aromatic rings. The van der Waals surface area contributed by atoms with E-state index in [-0.39, 0.29) is 5.97 Å². The second-order valence-corrected chi connectivity index (χ2v) is 14.6. The summed E-state index contributed by atoms with van der Waals surface area (Å²) in [7, 11) is -2.51. The summed E-state index contributed by atoms with van der Waals surface area (Å²) in [6.07, 6.45) is 3.09. The molecule has 0 bridgehead atoms. The summed E-state index contributed by atoms with van der Waals surface area (Å²) < 4.78 is 33.0. The molecule has 0 unspecified atom stereocenters. The van der Waals surface area contributed by atoms with Crippen LogP contribution in [0.3, 0.4) is 0 Å². The lowest BCUT2D eigenvalue weighted by molar-refractivity contribution is 0.0734. The van der Waals surface area contributed by atoms with E-state index < -0.39 is 39.3 Å². The average molecular weight is 467 g/mol. The van der Waals surface area contributed by atoms with Gasteiger partial charge < -0.3 is 25.9 Å². The van der Waals surface area contributed by atoms with Gasteiger partial charge in [-0.25, -0.2) is 4.79 Å². The van der Waals surface area contributed by atoms with E-state index in [0.29, 0.717) is 11.3 Å². The van der Waals surface area contributed by atoms with Crippen molar-refractivity contribution in [2.75, 3.05) is 7.11 Å². The lowest BCUT2D eigenvalue weighted by Gasteiger charge is -2.20. The van der Waals surface area contributed by atoms with Gasteiger partial charge >= 0.3 is 15.3 Å². The summed E-state index contributed by atoms with van der Waals surface area (Å²) in [5.41, 5.74) is 1.74. The average Bonchev–Trinajstić information content (AvgIpc) is 2.73. The Morgan fingerprint density at radius 2 is 1.55 bits per heavy atom. The lowest BCUT2D eigenvalue weighted by Crippen LogP contribution is -2.33. The smallest absolute Gasteiger partial charge is 0.343 e. The van der Waals surface area contributed by atoms with Gasteiger partial charge in [0.2, 0.25) is 0 Å². The Morgan fingerprint density at radius 3 is 2.21 bits per heavy atom. The van der Waals surface area contributed by atoms with Gasteiger partial charge in [-0.1, -0.05) is 18.6 Å². The maximum absolute atomic E-state index is 12.3. The van der Waals surface area contributed by atoms with Crippen LogP contribution in [0.25, 0.3) is 0 Å². The van der Waals surface area contributed by atoms with Gasteiger partial charge in [-0.15, -0.1) is 0 Å². The third-order valence-electron chi connectivity index (χ3n) is 4.46. The summed E-state index contributed by atoms with van der Waals surface area (Å²) in [5, 5.41) is 0. The normalized spacial score (nSPS) is 19.7. The van der Waals surface area contributed by atoms with Crippen LogP contribution in [0.15, 0.2) is 48.5 Å². The first kappa shape index (κ1) is 22.1. The van der Waals surface area contributed by atoms with Crippen molar-refractivity contribution in [3.05, 3.63) is 59.7 Å². The summed E-state index contributed by atoms with van der Waals surface area (Å²) in [5.74, 6) is 0.844. The highest BCUT2D eigenvalue weighted by Crippen LogP contribution is 2.19. The fourth-order valence-electron chi connectivity index (χ4n) is 2.85. The highest BCUT2D eigenvalue weighted by molar-refractivity contribution is 6.59. The minimum Gasteiger partial charge on any atom is -0.497 e. The van der Waals surface area contributed by atoms with E-state index in [0.717, 1.165) is 31.1 Å². The molecular weight excluding hydrogens is 441 g/mol. The molecule has 0 N–H and O–H groups in total. The lowest BCUT2D eigenvalue weighted by atomic mass is 10.1. The molecule has 0 spiro atoms. The molecule has 1 saturated heterocycles. The van der Waals surface area contributed by atoms with Crippen LogP contribution in [-0.4, -0.2) is 52.4 Å². The number of unbranched alkanes of at least 4 members (excludes halogenated alkanes) is 1. The number of ether oxygens (including phenoxy) is 2. The highest BCUT2D eigenvalue weighted by atomic mass is 28.4. The molecule has 0 aliphatic carbocycles. The van der Waals surface area contributed by atoms with Gasteiger partial charge in [0.15, 0.2) is 0 Å². The van der Waals surface area contributed by atoms with Gasteiger partial charge in [0.05, 0.1) is 12.7 Å². The summed E-state index contributed by atoms with van der Waals surface area (Å²) in [4.78, 5) is 12.3. The van der Waals surface area contributed by atoms with E-state index in [4.69, 9.17) is 25.9 Å². The number of carbonyl (C=O) groups is 1. The van der Waals surface area contributed by atoms with Crippen molar-refractivity contribution in [1.82, 2.24) is 0 Å². The zero-order chi connectivity index (χ0) is 20.3. The van der Waals surface area contributed by atoms with Crippen molar-refractivity contribution in [3.8, 4) is 11.5 Å². The third-order valence-corrected chi connectivity index (χ3v) is 12.1. The largest absolute Gasteiger partial charge is 0.497 e. The van der Waals surface area contributed by atoms with Gasteiger partial charge in [0.1, 0.15) is 11.5 Å². The minimum atomic E-state index is -1.56. The summed E-state index contributed by atoms with van der Waals surface area (Å²) >= 11 is 0. The summed E-state index contributed by atoms with van der Waals surface area (Å²) in [6, 6.07) is 15.5. The maximum Gasteiger partial charge on any atom is 0.343 e. The number of benzene rings is 2. The Bertz CT molecular complexity index is 750. The molecule has 0 amide bonds. The van der Waals surface area contributed by atoms with Crippen molar-refractivity contribution >= 4 is 45.3 Å². The molecule has 2 aromatic carbocycles. The highest BCUT2D eigenvalue weighted by Gasteiger charge is 2.15. The Morgan fingerprint density at radius 1 is 0.897 bits per heavy atom. The van der Waals surface area contributed by atoms with Gasteiger partial charge in [0.25, 0.3) is 30.0 Å². The van der Waals surface area contributed by atoms with Crippen molar-refractivity contribution in [2.24, 2.45) is 0 Å². The first-order valence-corrected chi connectivity index (χ1v) is 14.8. The maximum atomic E-state index is 12.3. The molecule has 0 radical (unpaired) electrons. The summed E-state index contributed by atoms with van der Waals surface area (Å²) in [6.45, 7) is 0. The zero-order valence-corrected chi connectivity index (χ0v) is 21.9. The molecule has 156 valence electrons. The Balaban J connectivity index is 1.40. The number of carbonyl (C=O) groups excluding carboxylic acids is 1. The van der Waals surface area contributed by atoms with E-state index in [2.05, 4.69) is 0 Å². The van der Waals surface area contributed by atoms with Crippen molar-refractivity contribution in [2.45, 2.75) is 25.3 Å². The molecule has 0 aromatic heterocycles. The quantitative estimate of drug-likeness (QED) is 0.243. The van der Waals surface area contributed by atoms with Crippen molar-refractivity contribution in [3.63, 3.8) is 0 Å². The second-order valence-electron chi connectivity index (χ2n) is 6.53. The zero-order valence-electron chi connectivity index (χ0n) is 16.5. The van der Waals surface area contributed by atoms with Crippen LogP contribution in [0.1, 0.15) is 28.8 Å². The first-order chi connectivity index (χ1) is 14.2. The molecule has 11 heteroatoms. The molecule has 3 rings (SSSR count). The Labute approximate surface area is 179 Å². The van der Waals surface area contributed by atoms with Crippen LogP contribution in [-0.2, 0) is 22.9 Å². The second kappa shape index (κ2) is 12.2. The van der Waals surface area contributed by atoms with E-state index in [1.165, 1.54) is 5.56 Å². The van der Waals surface area contributed by atoms with E-state index >= 15 is 0 Å². The molecule has 0 saturated carbocycles. The fourth-order valence-corrected chi connectivity index (χ4v) is 11.8. The molecular formula is C18H26O7Si4. The molecule has 1 fully saturated rings. The van der Waals surface area contributed by atoms with E-state index in [1.807, 2.05) is 24.3 Å². The standard InChI is InChI=1S/C18H26O7Si4/c1-20-16-9-11-17(12-10-16)21-18(19)15-7-5-14(6-8-15)4-2-3-13-29-24-27-22-26-23-28-25-29/h5-12,29H,2-4,13,26-28H2,1H3. The van der Waals surface area contributed by atoms with Gasteiger partial charge in [-0.2, -0.15) is 0 Å². The van der Waals surface area contributed by atoms with Crippen LogP contribution in [0.4, 0.5) is 0 Å².